The quantitative estimate of drug-likeness (QED) is 0.807. The largest absolute Gasteiger partial charge is 0.488 e. The van der Waals surface area contributed by atoms with Gasteiger partial charge in [-0.3, -0.25) is 9.69 Å². The van der Waals surface area contributed by atoms with Crippen molar-refractivity contribution in [1.82, 2.24) is 15.1 Å². The highest BCUT2D eigenvalue weighted by Crippen LogP contribution is 2.22. The first-order valence-electron chi connectivity index (χ1n) is 9.78. The first kappa shape index (κ1) is 22.0. The van der Waals surface area contributed by atoms with Gasteiger partial charge in [0, 0.05) is 39.8 Å². The summed E-state index contributed by atoms with van der Waals surface area (Å²) in [5.41, 5.74) is 1.01. The predicted octanol–water partition coefficient (Wildman–Crippen LogP) is 2.64. The lowest BCUT2D eigenvalue weighted by Crippen LogP contribution is -2.46. The van der Waals surface area contributed by atoms with Crippen molar-refractivity contribution >= 4 is 12.0 Å². The van der Waals surface area contributed by atoms with E-state index in [1.165, 1.54) is 12.6 Å². The van der Waals surface area contributed by atoms with Gasteiger partial charge in [-0.25, -0.2) is 4.79 Å². The molecule has 0 unspecified atom stereocenters. The van der Waals surface area contributed by atoms with Gasteiger partial charge in [0.1, 0.15) is 11.4 Å². The summed E-state index contributed by atoms with van der Waals surface area (Å²) < 4.78 is 11.0. The van der Waals surface area contributed by atoms with Gasteiger partial charge in [-0.05, 0) is 51.3 Å². The van der Waals surface area contributed by atoms with E-state index >= 15 is 0 Å². The van der Waals surface area contributed by atoms with Crippen molar-refractivity contribution in [3.63, 3.8) is 0 Å². The van der Waals surface area contributed by atoms with Crippen molar-refractivity contribution in [2.75, 3.05) is 33.8 Å². The number of nitrogens with one attached hydrogen (secondary N) is 1. The molecular weight excluding hydrogens is 358 g/mol. The van der Waals surface area contributed by atoms with Crippen LogP contribution < -0.4 is 10.1 Å². The summed E-state index contributed by atoms with van der Waals surface area (Å²) in [6, 6.07) is 8.35. The van der Waals surface area contributed by atoms with Crippen molar-refractivity contribution in [1.29, 1.82) is 0 Å². The number of likely N-dealkylation sites (N-methyl/N-ethyl adjacent to an activating group) is 1. The maximum absolute atomic E-state index is 12.1. The molecule has 7 nitrogen and oxygen atoms in total. The molecule has 0 saturated carbocycles. The molecule has 0 radical (unpaired) electrons. The van der Waals surface area contributed by atoms with E-state index in [1.807, 2.05) is 32.9 Å². The molecule has 2 amide bonds. The second-order valence-corrected chi connectivity index (χ2v) is 8.21. The second kappa shape index (κ2) is 9.78. The molecule has 1 aliphatic heterocycles. The first-order chi connectivity index (χ1) is 13.2. The molecule has 1 N–H and O–H groups in total. The summed E-state index contributed by atoms with van der Waals surface area (Å²) in [7, 11) is 3.25. The lowest BCUT2D eigenvalue weighted by molar-refractivity contribution is -0.123. The number of hydrogen-bond donors (Lipinski definition) is 1. The van der Waals surface area contributed by atoms with Gasteiger partial charge in [-0.1, -0.05) is 12.1 Å². The van der Waals surface area contributed by atoms with E-state index in [0.29, 0.717) is 0 Å². The van der Waals surface area contributed by atoms with Crippen LogP contribution in [0.25, 0.3) is 0 Å². The zero-order valence-electron chi connectivity index (χ0n) is 17.7. The van der Waals surface area contributed by atoms with E-state index in [-0.39, 0.29) is 24.2 Å². The molecule has 1 aliphatic rings. The number of piperidine rings is 1. The molecular formula is C21H33N3O4. The third-order valence-corrected chi connectivity index (χ3v) is 4.73. The molecule has 1 aromatic rings. The van der Waals surface area contributed by atoms with Gasteiger partial charge in [-0.15, -0.1) is 0 Å². The highest BCUT2D eigenvalue weighted by atomic mass is 16.6. The van der Waals surface area contributed by atoms with E-state index in [9.17, 15) is 9.59 Å². The van der Waals surface area contributed by atoms with E-state index in [4.69, 9.17) is 9.47 Å². The first-order valence-corrected chi connectivity index (χ1v) is 9.78. The smallest absolute Gasteiger partial charge is 0.410 e. The maximum Gasteiger partial charge on any atom is 0.410 e. The lowest BCUT2D eigenvalue weighted by atomic mass is 10.0. The van der Waals surface area contributed by atoms with Crippen LogP contribution in [0.1, 0.15) is 39.2 Å². The minimum atomic E-state index is -0.450. The van der Waals surface area contributed by atoms with Crippen molar-refractivity contribution in [2.45, 2.75) is 51.8 Å². The Morgan fingerprint density at radius 2 is 1.93 bits per heavy atom. The molecule has 2 rings (SSSR count). The summed E-state index contributed by atoms with van der Waals surface area (Å²) in [4.78, 5) is 27.3. The van der Waals surface area contributed by atoms with Crippen LogP contribution in [0.4, 0.5) is 4.79 Å². The van der Waals surface area contributed by atoms with E-state index < -0.39 is 6.09 Å². The molecule has 0 atom stereocenters. The Balaban J connectivity index is 1.81. The fraction of sp³-hybridized carbons (Fsp3) is 0.619. The van der Waals surface area contributed by atoms with Crippen LogP contribution in [-0.4, -0.2) is 67.2 Å². The second-order valence-electron chi connectivity index (χ2n) is 8.21. The normalized spacial score (nSPS) is 15.8. The van der Waals surface area contributed by atoms with E-state index in [0.717, 1.165) is 38.2 Å². The zero-order chi connectivity index (χ0) is 20.7. The minimum Gasteiger partial charge on any atom is -0.488 e. The summed E-state index contributed by atoms with van der Waals surface area (Å²) >= 11 is 0. The van der Waals surface area contributed by atoms with Gasteiger partial charge in [0.05, 0.1) is 0 Å². The number of carbonyl (C=O) groups is 2. The van der Waals surface area contributed by atoms with Gasteiger partial charge in [0.2, 0.25) is 0 Å². The molecule has 0 spiro atoms. The Labute approximate surface area is 168 Å². The lowest BCUT2D eigenvalue weighted by Gasteiger charge is -2.36. The Kier molecular flexibility index (Phi) is 7.69. The third-order valence-electron chi connectivity index (χ3n) is 4.73. The average molecular weight is 392 g/mol. The molecule has 0 bridgehead atoms. The van der Waals surface area contributed by atoms with Crippen LogP contribution in [-0.2, 0) is 16.1 Å². The van der Waals surface area contributed by atoms with E-state index in [1.54, 1.807) is 11.9 Å². The maximum atomic E-state index is 12.1. The van der Waals surface area contributed by atoms with Crippen molar-refractivity contribution < 1.29 is 19.1 Å². The molecule has 1 fully saturated rings. The van der Waals surface area contributed by atoms with E-state index in [2.05, 4.69) is 22.3 Å². The minimum absolute atomic E-state index is 0.129. The number of rotatable bonds is 6. The molecule has 1 saturated heterocycles. The standard InChI is InChI=1S/C21H33N3O4/c1-21(2,3)28-18-8-6-7-16(13-18)14-24-11-9-17(10-12-24)23(5)20(26)27-15-19(25)22-4/h6-8,13,17H,9-12,14-15H2,1-5H3,(H,22,25). The number of benzene rings is 1. The van der Waals surface area contributed by atoms with Crippen LogP contribution in [0.3, 0.4) is 0 Å². The highest BCUT2D eigenvalue weighted by molar-refractivity contribution is 5.79. The zero-order valence-corrected chi connectivity index (χ0v) is 17.7. The van der Waals surface area contributed by atoms with Gasteiger partial charge in [0.15, 0.2) is 6.61 Å². The Bertz CT molecular complexity index is 664. The van der Waals surface area contributed by atoms with Crippen LogP contribution in [0, 0.1) is 0 Å². The number of likely N-dealkylation sites (tertiary alicyclic amines) is 1. The molecule has 7 heteroatoms. The summed E-state index contributed by atoms with van der Waals surface area (Å²) in [6.07, 6.45) is 1.31. The number of amides is 2. The topological polar surface area (TPSA) is 71.1 Å². The predicted molar refractivity (Wildman–Crippen MR) is 108 cm³/mol. The molecule has 1 aromatic carbocycles. The number of hydrogen-bond acceptors (Lipinski definition) is 5. The Morgan fingerprint density at radius 3 is 2.54 bits per heavy atom. The highest BCUT2D eigenvalue weighted by Gasteiger charge is 2.26. The monoisotopic (exact) mass is 391 g/mol. The summed E-state index contributed by atoms with van der Waals surface area (Å²) in [6.45, 7) is 8.55. The van der Waals surface area contributed by atoms with Crippen LogP contribution in [0.2, 0.25) is 0 Å². The van der Waals surface area contributed by atoms with Gasteiger partial charge in [-0.2, -0.15) is 0 Å². The summed E-state index contributed by atoms with van der Waals surface area (Å²) in [5.74, 6) is 0.577. The van der Waals surface area contributed by atoms with Gasteiger partial charge < -0.3 is 19.7 Å². The third kappa shape index (κ3) is 7.03. The fourth-order valence-corrected chi connectivity index (χ4v) is 3.23. The van der Waals surface area contributed by atoms with Crippen molar-refractivity contribution in [3.05, 3.63) is 29.8 Å². The van der Waals surface area contributed by atoms with Crippen LogP contribution in [0.5, 0.6) is 5.75 Å². The number of carbonyl (C=O) groups excluding carboxylic acids is 2. The van der Waals surface area contributed by atoms with Gasteiger partial charge >= 0.3 is 6.09 Å². The Morgan fingerprint density at radius 1 is 1.25 bits per heavy atom. The Hall–Kier alpha value is -2.28. The number of ether oxygens (including phenoxy) is 2. The molecule has 0 aliphatic carbocycles. The summed E-state index contributed by atoms with van der Waals surface area (Å²) in [5, 5.41) is 2.43. The molecule has 156 valence electrons. The average Bonchev–Trinajstić information content (AvgIpc) is 2.64. The molecule has 28 heavy (non-hydrogen) atoms. The van der Waals surface area contributed by atoms with Crippen LogP contribution >= 0.6 is 0 Å². The number of nitrogens with zero attached hydrogens (tertiary/aromatic N) is 2. The van der Waals surface area contributed by atoms with Gasteiger partial charge in [0.25, 0.3) is 5.91 Å². The molecule has 1 heterocycles. The van der Waals surface area contributed by atoms with Crippen molar-refractivity contribution in [2.24, 2.45) is 0 Å². The fourth-order valence-electron chi connectivity index (χ4n) is 3.23. The van der Waals surface area contributed by atoms with Crippen LogP contribution in [0.15, 0.2) is 24.3 Å². The van der Waals surface area contributed by atoms with Crippen molar-refractivity contribution in [3.8, 4) is 5.75 Å². The molecule has 0 aromatic heterocycles. The SMILES string of the molecule is CNC(=O)COC(=O)N(C)C1CCN(Cc2cccc(OC(C)(C)C)c2)CC1.